The van der Waals surface area contributed by atoms with Crippen molar-refractivity contribution in [1.82, 2.24) is 0 Å². The molecule has 0 aromatic rings. The normalized spacial score (nSPS) is 30.3. The van der Waals surface area contributed by atoms with Crippen LogP contribution in [0.15, 0.2) is 23.8 Å². The number of esters is 1. The summed E-state index contributed by atoms with van der Waals surface area (Å²) in [6, 6.07) is 0. The highest BCUT2D eigenvalue weighted by Crippen LogP contribution is 2.67. The van der Waals surface area contributed by atoms with Crippen molar-refractivity contribution in [2.24, 2.45) is 46.3 Å². The zero-order valence-electron chi connectivity index (χ0n) is 33.2. The molecule has 3 saturated carbocycles. The van der Waals surface area contributed by atoms with Crippen LogP contribution < -0.4 is 0 Å². The van der Waals surface area contributed by atoms with Gasteiger partial charge in [0, 0.05) is 12.0 Å². The highest BCUT2D eigenvalue weighted by Gasteiger charge is 2.59. The summed E-state index contributed by atoms with van der Waals surface area (Å²) in [5.41, 5.74) is 2.55. The number of carbonyl (C=O) groups is 3. The molecule has 0 bridgehead atoms. The quantitative estimate of drug-likeness (QED) is 0.0329. The molecule has 8 atom stereocenters. The van der Waals surface area contributed by atoms with Crippen LogP contribution >= 0.6 is 0 Å². The molecule has 0 amide bonds. The highest BCUT2D eigenvalue weighted by atomic mass is 16.8. The average Bonchev–Trinajstić information content (AvgIpc) is 3.44. The summed E-state index contributed by atoms with van der Waals surface area (Å²) >= 11 is 0. The molecule has 4 aliphatic carbocycles. The summed E-state index contributed by atoms with van der Waals surface area (Å²) in [5, 5.41) is 0. The first-order valence-electron chi connectivity index (χ1n) is 20.9. The number of hydrogen-bond donors (Lipinski definition) is 0. The minimum absolute atomic E-state index is 0.177. The Balaban J connectivity index is 1.09. The second-order valence-corrected chi connectivity index (χ2v) is 17.8. The van der Waals surface area contributed by atoms with Crippen molar-refractivity contribution in [3.05, 3.63) is 23.8 Å². The van der Waals surface area contributed by atoms with E-state index in [1.807, 2.05) is 0 Å². The zero-order valence-corrected chi connectivity index (χ0v) is 33.2. The molecule has 51 heavy (non-hydrogen) atoms. The van der Waals surface area contributed by atoms with Gasteiger partial charge in [-0.2, -0.15) is 0 Å². The van der Waals surface area contributed by atoms with E-state index in [1.165, 1.54) is 50.5 Å². The molecule has 4 aliphatic rings. The summed E-state index contributed by atoms with van der Waals surface area (Å²) in [4.78, 5) is 36.0. The molecule has 0 aliphatic heterocycles. The van der Waals surface area contributed by atoms with Crippen LogP contribution in [0.4, 0.5) is 9.59 Å². The number of hydrogen-bond acceptors (Lipinski definition) is 7. The Morgan fingerprint density at radius 1 is 0.784 bits per heavy atom. The van der Waals surface area contributed by atoms with Crippen molar-refractivity contribution in [2.45, 2.75) is 176 Å². The molecule has 4 rings (SSSR count). The van der Waals surface area contributed by atoms with E-state index in [2.05, 4.69) is 47.3 Å². The number of unbranched alkanes of at least 4 members (excludes halogenated alkanes) is 8. The summed E-state index contributed by atoms with van der Waals surface area (Å²) < 4.78 is 20.8. The maximum atomic E-state index is 12.5. The van der Waals surface area contributed by atoms with Gasteiger partial charge in [-0.25, -0.2) is 14.4 Å². The van der Waals surface area contributed by atoms with Gasteiger partial charge < -0.3 is 18.9 Å². The van der Waals surface area contributed by atoms with Gasteiger partial charge in [-0.05, 0) is 111 Å². The third-order valence-electron chi connectivity index (χ3n) is 13.8. The molecule has 7 heteroatoms. The summed E-state index contributed by atoms with van der Waals surface area (Å²) in [6.07, 6.45) is 23.0. The number of allylic oxidation sites excluding steroid dienone is 1. The van der Waals surface area contributed by atoms with Gasteiger partial charge in [-0.3, -0.25) is 0 Å². The number of ether oxygens (including phenoxy) is 4. The fraction of sp³-hybridized carbons (Fsp3) is 0.841. The Morgan fingerprint density at radius 3 is 2.08 bits per heavy atom. The molecule has 0 spiro atoms. The lowest BCUT2D eigenvalue weighted by Gasteiger charge is -2.58. The van der Waals surface area contributed by atoms with Crippen molar-refractivity contribution < 1.29 is 33.3 Å². The molecule has 3 fully saturated rings. The molecular weight excluding hydrogens is 640 g/mol. The summed E-state index contributed by atoms with van der Waals surface area (Å²) in [6.45, 7) is 18.3. The molecule has 0 N–H and O–H groups in total. The Morgan fingerprint density at radius 2 is 1.43 bits per heavy atom. The van der Waals surface area contributed by atoms with Gasteiger partial charge in [0.15, 0.2) is 0 Å². The van der Waals surface area contributed by atoms with Crippen LogP contribution in [0, 0.1) is 46.3 Å². The first-order valence-corrected chi connectivity index (χ1v) is 20.9. The maximum absolute atomic E-state index is 12.5. The molecule has 0 aromatic heterocycles. The van der Waals surface area contributed by atoms with Crippen molar-refractivity contribution in [3.8, 4) is 0 Å². The topological polar surface area (TPSA) is 88.1 Å². The molecule has 7 nitrogen and oxygen atoms in total. The summed E-state index contributed by atoms with van der Waals surface area (Å²) in [7, 11) is 0. The van der Waals surface area contributed by atoms with Crippen LogP contribution in [0.5, 0.6) is 0 Å². The molecule has 0 aromatic carbocycles. The largest absolute Gasteiger partial charge is 0.518 e. The van der Waals surface area contributed by atoms with Crippen LogP contribution in [-0.2, 0) is 23.7 Å². The number of carbonyl (C=O) groups excluding carboxylic acids is 3. The standard InChI is InChI=1S/C44H72O7/c1-31(2)18-17-19-33(5)37-22-23-38-36-21-20-34-30-35(24-26-43(34,6)39(36)25-27-44(37,38)7)50-42(47)51-41(46)49-29-16-14-12-10-8-9-11-13-15-28-48-40(45)32(3)4/h20,31,33,35-39H,3,8-19,21-30H2,1-2,4-7H3/t33-,35?,36+,37-,38+,39+,43+,44-/m1/s1. The molecule has 0 radical (unpaired) electrons. The Hall–Kier alpha value is -2.31. The lowest BCUT2D eigenvalue weighted by atomic mass is 9.47. The van der Waals surface area contributed by atoms with Gasteiger partial charge in [-0.15, -0.1) is 0 Å². The minimum Gasteiger partial charge on any atom is -0.462 e. The van der Waals surface area contributed by atoms with E-state index in [9.17, 15) is 14.4 Å². The molecule has 0 saturated heterocycles. The van der Waals surface area contributed by atoms with Crippen molar-refractivity contribution in [1.29, 1.82) is 0 Å². The molecule has 1 unspecified atom stereocenters. The second-order valence-electron chi connectivity index (χ2n) is 17.8. The average molecular weight is 713 g/mol. The first kappa shape index (κ1) is 41.4. The molecular formula is C44H72O7. The van der Waals surface area contributed by atoms with E-state index in [0.717, 1.165) is 113 Å². The number of fused-ring (bicyclic) bond motifs is 5. The van der Waals surface area contributed by atoms with Crippen molar-refractivity contribution >= 4 is 18.3 Å². The van der Waals surface area contributed by atoms with Crippen LogP contribution in [0.3, 0.4) is 0 Å². The first-order chi connectivity index (χ1) is 24.3. The smallest absolute Gasteiger partial charge is 0.462 e. The third-order valence-corrected chi connectivity index (χ3v) is 13.8. The fourth-order valence-electron chi connectivity index (χ4n) is 10.9. The number of rotatable bonds is 19. The van der Waals surface area contributed by atoms with Gasteiger partial charge >= 0.3 is 18.3 Å². The molecule has 290 valence electrons. The maximum Gasteiger partial charge on any atom is 0.518 e. The third kappa shape index (κ3) is 11.3. The SMILES string of the molecule is C=C(C)C(=O)OCCCCCCCCCCCOC(=O)OC(=O)OC1CC[C@@]2(C)C(=CC[C@H]3[C@@H]4CC[C@H]([C@H](C)CCCC(C)C)[C@@]4(C)CC[C@@H]32)C1. The zero-order chi connectivity index (χ0) is 37.0. The Kier molecular flexibility index (Phi) is 16.0. The van der Waals surface area contributed by atoms with Gasteiger partial charge in [0.2, 0.25) is 0 Å². The van der Waals surface area contributed by atoms with Gasteiger partial charge in [0.05, 0.1) is 13.2 Å². The van der Waals surface area contributed by atoms with Gasteiger partial charge in [-0.1, -0.05) is 117 Å². The summed E-state index contributed by atoms with van der Waals surface area (Å²) in [5.74, 6) is 4.48. The monoisotopic (exact) mass is 713 g/mol. The Bertz CT molecular complexity index is 1190. The van der Waals surface area contributed by atoms with E-state index in [-0.39, 0.29) is 24.1 Å². The fourth-order valence-corrected chi connectivity index (χ4v) is 10.9. The Labute approximate surface area is 310 Å². The molecule has 0 heterocycles. The predicted molar refractivity (Wildman–Crippen MR) is 203 cm³/mol. The highest BCUT2D eigenvalue weighted by molar-refractivity contribution is 5.86. The lowest BCUT2D eigenvalue weighted by molar-refractivity contribution is -0.139. The van der Waals surface area contributed by atoms with E-state index in [0.29, 0.717) is 23.5 Å². The lowest BCUT2D eigenvalue weighted by Crippen LogP contribution is -2.51. The second kappa shape index (κ2) is 19.7. The van der Waals surface area contributed by atoms with Crippen LogP contribution in [-0.4, -0.2) is 37.6 Å². The van der Waals surface area contributed by atoms with E-state index in [1.54, 1.807) is 6.92 Å². The van der Waals surface area contributed by atoms with Crippen LogP contribution in [0.25, 0.3) is 0 Å². The minimum atomic E-state index is -0.969. The van der Waals surface area contributed by atoms with E-state index in [4.69, 9.17) is 18.9 Å². The van der Waals surface area contributed by atoms with Crippen molar-refractivity contribution in [2.75, 3.05) is 13.2 Å². The van der Waals surface area contributed by atoms with Gasteiger partial charge in [0.25, 0.3) is 0 Å². The van der Waals surface area contributed by atoms with Crippen molar-refractivity contribution in [3.63, 3.8) is 0 Å². The van der Waals surface area contributed by atoms with Crippen LogP contribution in [0.1, 0.15) is 170 Å². The van der Waals surface area contributed by atoms with E-state index < -0.39 is 12.3 Å². The van der Waals surface area contributed by atoms with Crippen LogP contribution in [0.2, 0.25) is 0 Å². The van der Waals surface area contributed by atoms with Gasteiger partial charge in [0.1, 0.15) is 6.10 Å². The predicted octanol–water partition coefficient (Wildman–Crippen LogP) is 12.3. The van der Waals surface area contributed by atoms with E-state index >= 15 is 0 Å².